The van der Waals surface area contributed by atoms with Gasteiger partial charge in [-0.05, 0) is 43.7 Å². The van der Waals surface area contributed by atoms with Crippen LogP contribution in [-0.4, -0.2) is 47.2 Å². The molecule has 0 aliphatic carbocycles. The molecule has 0 aromatic heterocycles. The zero-order chi connectivity index (χ0) is 31.1. The van der Waals surface area contributed by atoms with Crippen LogP contribution >= 0.6 is 0 Å². The fourth-order valence-corrected chi connectivity index (χ4v) is 4.59. The van der Waals surface area contributed by atoms with Crippen molar-refractivity contribution >= 4 is 46.2 Å². The molecular weight excluding hydrogens is 552 g/mol. The Kier molecular flexibility index (Phi) is 9.17. The van der Waals surface area contributed by atoms with Crippen molar-refractivity contribution in [3.8, 4) is 12.1 Å². The summed E-state index contributed by atoms with van der Waals surface area (Å²) < 4.78 is 0. The van der Waals surface area contributed by atoms with Crippen LogP contribution in [0.1, 0.15) is 58.5 Å². The lowest BCUT2D eigenvalue weighted by Gasteiger charge is -2.25. The standard InChI is InChI=1S/C30H26N8O5/c1-3-27(39)33-26-16-21(36(4-2)12-7-13-37-29(40)23-8-5-6-9-24(23)30(37)41)10-11-25(26)34-35-28-19(17-31)14-22(38(42)43)15-20(28)18-32/h5-6,8-11,14-16H,3-4,7,12-13H2,1-2H3,(H,33,39)/b35-34+. The number of nitro groups is 1. The summed E-state index contributed by atoms with van der Waals surface area (Å²) in [7, 11) is 0. The van der Waals surface area contributed by atoms with Crippen LogP contribution in [0.4, 0.5) is 28.4 Å². The monoisotopic (exact) mass is 578 g/mol. The first-order valence-corrected chi connectivity index (χ1v) is 13.4. The summed E-state index contributed by atoms with van der Waals surface area (Å²) in [6, 6.07) is 17.5. The van der Waals surface area contributed by atoms with Crippen LogP contribution in [-0.2, 0) is 4.79 Å². The number of carbonyl (C=O) groups excluding carboxylic acids is 3. The SMILES string of the molecule is CCC(=O)Nc1cc(N(CC)CCCN2C(=O)c3ccccc3C2=O)ccc1/N=N/c1c(C#N)cc([N+](=O)[O-])cc1C#N. The van der Waals surface area contributed by atoms with E-state index in [0.29, 0.717) is 36.3 Å². The number of azo groups is 1. The van der Waals surface area contributed by atoms with Crippen LogP contribution in [0.25, 0.3) is 0 Å². The molecule has 1 heterocycles. The van der Waals surface area contributed by atoms with Crippen LogP contribution in [0.2, 0.25) is 0 Å². The third-order valence-electron chi connectivity index (χ3n) is 6.81. The summed E-state index contributed by atoms with van der Waals surface area (Å²) in [5.74, 6) is -0.904. The lowest BCUT2D eigenvalue weighted by molar-refractivity contribution is -0.384. The second-order valence-electron chi connectivity index (χ2n) is 9.41. The summed E-state index contributed by atoms with van der Waals surface area (Å²) in [5.41, 5.74) is 1.16. The highest BCUT2D eigenvalue weighted by Gasteiger charge is 2.34. The van der Waals surface area contributed by atoms with Gasteiger partial charge in [-0.1, -0.05) is 19.1 Å². The quantitative estimate of drug-likeness (QED) is 0.131. The molecule has 0 saturated carbocycles. The number of amides is 3. The Hall–Kier alpha value is -5.95. The summed E-state index contributed by atoms with van der Waals surface area (Å²) in [6.07, 6.45) is 0.698. The first kappa shape index (κ1) is 30.0. The Morgan fingerprint density at radius 3 is 2.16 bits per heavy atom. The Morgan fingerprint density at radius 1 is 1.00 bits per heavy atom. The van der Waals surface area contributed by atoms with Crippen LogP contribution in [0.15, 0.2) is 64.8 Å². The molecule has 3 aromatic carbocycles. The highest BCUT2D eigenvalue weighted by molar-refractivity contribution is 6.21. The van der Waals surface area contributed by atoms with Crippen LogP contribution in [0.3, 0.4) is 0 Å². The lowest BCUT2D eigenvalue weighted by Crippen LogP contribution is -2.33. The van der Waals surface area contributed by atoms with Gasteiger partial charge in [0.25, 0.3) is 17.5 Å². The minimum atomic E-state index is -0.709. The van der Waals surface area contributed by atoms with E-state index >= 15 is 0 Å². The Bertz CT molecular complexity index is 1670. The molecule has 3 aromatic rings. The minimum Gasteiger partial charge on any atom is -0.372 e. The number of hydrogen-bond acceptors (Lipinski definition) is 10. The largest absolute Gasteiger partial charge is 0.372 e. The van der Waals surface area contributed by atoms with Gasteiger partial charge in [-0.3, -0.25) is 29.4 Å². The van der Waals surface area contributed by atoms with Gasteiger partial charge >= 0.3 is 0 Å². The first-order chi connectivity index (χ1) is 20.7. The molecule has 3 amide bonds. The van der Waals surface area contributed by atoms with Gasteiger partial charge in [0.05, 0.1) is 32.9 Å². The highest BCUT2D eigenvalue weighted by atomic mass is 16.6. The predicted octanol–water partition coefficient (Wildman–Crippen LogP) is 5.61. The number of non-ortho nitro benzene ring substituents is 1. The van der Waals surface area contributed by atoms with Crippen molar-refractivity contribution in [2.45, 2.75) is 26.7 Å². The van der Waals surface area contributed by atoms with Crippen molar-refractivity contribution in [2.75, 3.05) is 29.9 Å². The van der Waals surface area contributed by atoms with E-state index in [2.05, 4.69) is 15.5 Å². The second-order valence-corrected chi connectivity index (χ2v) is 9.41. The van der Waals surface area contributed by atoms with Gasteiger partial charge in [-0.2, -0.15) is 10.5 Å². The number of nitrogens with one attached hydrogen (secondary N) is 1. The van der Waals surface area contributed by atoms with Crippen LogP contribution < -0.4 is 10.2 Å². The van der Waals surface area contributed by atoms with E-state index in [9.17, 15) is 35.0 Å². The van der Waals surface area contributed by atoms with Crippen molar-refractivity contribution in [3.05, 3.63) is 87.0 Å². The molecule has 0 bridgehead atoms. The van der Waals surface area contributed by atoms with E-state index in [4.69, 9.17) is 0 Å². The molecule has 0 radical (unpaired) electrons. The molecule has 43 heavy (non-hydrogen) atoms. The third-order valence-corrected chi connectivity index (χ3v) is 6.81. The van der Waals surface area contributed by atoms with Gasteiger partial charge in [-0.25, -0.2) is 0 Å². The molecule has 0 atom stereocenters. The van der Waals surface area contributed by atoms with Crippen molar-refractivity contribution in [1.29, 1.82) is 10.5 Å². The van der Waals surface area contributed by atoms with Crippen LogP contribution in [0, 0.1) is 32.8 Å². The summed E-state index contributed by atoms with van der Waals surface area (Å²) >= 11 is 0. The van der Waals surface area contributed by atoms with E-state index in [1.165, 1.54) is 4.90 Å². The van der Waals surface area contributed by atoms with E-state index < -0.39 is 10.6 Å². The van der Waals surface area contributed by atoms with Crippen molar-refractivity contribution in [1.82, 2.24) is 4.90 Å². The number of nitrogens with zero attached hydrogens (tertiary/aromatic N) is 7. The van der Waals surface area contributed by atoms with E-state index in [1.54, 1.807) is 49.4 Å². The maximum absolute atomic E-state index is 12.7. The fraction of sp³-hybridized carbons (Fsp3) is 0.233. The minimum absolute atomic E-state index is 0.129. The van der Waals surface area contributed by atoms with Crippen molar-refractivity contribution in [3.63, 3.8) is 0 Å². The maximum atomic E-state index is 12.7. The number of benzene rings is 3. The maximum Gasteiger partial charge on any atom is 0.272 e. The molecule has 13 nitrogen and oxygen atoms in total. The molecule has 0 unspecified atom stereocenters. The average Bonchev–Trinajstić information content (AvgIpc) is 3.26. The van der Waals surface area contributed by atoms with Gasteiger partial charge < -0.3 is 10.2 Å². The van der Waals surface area contributed by atoms with Gasteiger partial charge in [0.1, 0.15) is 23.5 Å². The van der Waals surface area contributed by atoms with E-state index in [0.717, 1.165) is 17.8 Å². The Morgan fingerprint density at radius 2 is 1.63 bits per heavy atom. The molecule has 4 rings (SSSR count). The number of nitriles is 2. The molecule has 0 spiro atoms. The molecule has 216 valence electrons. The second kappa shape index (κ2) is 13.1. The Balaban J connectivity index is 1.57. The average molecular weight is 579 g/mol. The number of nitro benzene ring substituents is 1. The number of imide groups is 1. The molecule has 1 aliphatic rings. The number of fused-ring (bicyclic) bond motifs is 1. The summed E-state index contributed by atoms with van der Waals surface area (Å²) in [6.45, 7) is 4.97. The van der Waals surface area contributed by atoms with Crippen molar-refractivity contribution in [2.24, 2.45) is 10.2 Å². The number of hydrogen-bond donors (Lipinski definition) is 1. The molecule has 0 saturated heterocycles. The normalized spacial score (nSPS) is 12.1. The summed E-state index contributed by atoms with van der Waals surface area (Å²) in [4.78, 5) is 51.4. The molecule has 1 N–H and O–H groups in total. The smallest absolute Gasteiger partial charge is 0.272 e. The zero-order valence-electron chi connectivity index (χ0n) is 23.4. The lowest BCUT2D eigenvalue weighted by atomic mass is 10.1. The molecular formula is C30H26N8O5. The predicted molar refractivity (Wildman–Crippen MR) is 156 cm³/mol. The third kappa shape index (κ3) is 6.36. The fourth-order valence-electron chi connectivity index (χ4n) is 4.59. The van der Waals surface area contributed by atoms with E-state index in [-0.39, 0.29) is 53.2 Å². The summed E-state index contributed by atoms with van der Waals surface area (Å²) in [5, 5.41) is 41.2. The van der Waals surface area contributed by atoms with Crippen molar-refractivity contribution < 1.29 is 19.3 Å². The highest BCUT2D eigenvalue weighted by Crippen LogP contribution is 2.35. The van der Waals surface area contributed by atoms with E-state index in [1.807, 2.05) is 24.0 Å². The number of anilines is 2. The van der Waals surface area contributed by atoms with Gasteiger partial charge in [-0.15, -0.1) is 10.2 Å². The Labute approximate surface area is 246 Å². The first-order valence-electron chi connectivity index (χ1n) is 13.4. The number of carbonyl (C=O) groups is 3. The van der Waals surface area contributed by atoms with Gasteiger partial charge in [0, 0.05) is 43.9 Å². The molecule has 13 heteroatoms. The van der Waals surface area contributed by atoms with Crippen LogP contribution in [0.5, 0.6) is 0 Å². The van der Waals surface area contributed by atoms with Gasteiger partial charge in [0.2, 0.25) is 5.91 Å². The van der Waals surface area contributed by atoms with Gasteiger partial charge in [0.15, 0.2) is 0 Å². The number of rotatable bonds is 11. The zero-order valence-corrected chi connectivity index (χ0v) is 23.4. The molecule has 1 aliphatic heterocycles. The molecule has 0 fully saturated rings. The topological polar surface area (TPSA) is 185 Å².